The van der Waals surface area contributed by atoms with Gasteiger partial charge in [-0.1, -0.05) is 66.0 Å². The number of ketones is 1. The third kappa shape index (κ3) is 7.92. The standard InChI is InChI=1S/C32H54N6O7S/c1-17(2)22(16-37(10)46(44,45)18(3)4)35-30(43)36-26(31(5,6)7)29(42)38-15-20-23(32(20,8)9)24(38)28(41)34-21(25(39)27(33)40)14-19-12-11-13-19/h18-24,26H,1,11-16H2,2-10H3,(H2,33,40)(H,34,41)(H2,35,36,43)/t20-,21?,22+,23-,24-,26+/m0/s1. The lowest BCUT2D eigenvalue weighted by Crippen LogP contribution is -2.62. The molecule has 1 saturated heterocycles. The number of nitrogens with one attached hydrogen (secondary N) is 3. The van der Waals surface area contributed by atoms with Crippen LogP contribution in [0.2, 0.25) is 0 Å². The average molecular weight is 667 g/mol. The number of urea groups is 1. The molecule has 3 fully saturated rings. The molecule has 2 aliphatic carbocycles. The van der Waals surface area contributed by atoms with Gasteiger partial charge in [0.15, 0.2) is 0 Å². The van der Waals surface area contributed by atoms with Crippen molar-refractivity contribution < 1.29 is 32.4 Å². The van der Waals surface area contributed by atoms with Gasteiger partial charge in [0, 0.05) is 20.1 Å². The van der Waals surface area contributed by atoms with Gasteiger partial charge in [0.2, 0.25) is 27.6 Å². The lowest BCUT2D eigenvalue weighted by atomic mass is 9.80. The molecule has 6 atom stereocenters. The minimum Gasteiger partial charge on any atom is -0.363 e. The fraction of sp³-hybridized carbons (Fsp3) is 0.781. The number of sulfonamides is 1. The molecule has 1 heterocycles. The number of hydrogen-bond acceptors (Lipinski definition) is 7. The highest BCUT2D eigenvalue weighted by molar-refractivity contribution is 7.89. The van der Waals surface area contributed by atoms with E-state index in [1.54, 1.807) is 41.5 Å². The summed E-state index contributed by atoms with van der Waals surface area (Å²) in [6.07, 6.45) is 3.15. The molecule has 0 bridgehead atoms. The first kappa shape index (κ1) is 37.5. The van der Waals surface area contributed by atoms with Crippen LogP contribution in [0.5, 0.6) is 0 Å². The fourth-order valence-electron chi connectivity index (χ4n) is 6.73. The first-order valence-corrected chi connectivity index (χ1v) is 17.6. The van der Waals surface area contributed by atoms with Crippen LogP contribution in [0.25, 0.3) is 0 Å². The number of likely N-dealkylation sites (tertiary alicyclic amines) is 1. The number of hydrogen-bond donors (Lipinski definition) is 4. The van der Waals surface area contributed by atoms with Crippen molar-refractivity contribution in [2.75, 3.05) is 20.1 Å². The summed E-state index contributed by atoms with van der Waals surface area (Å²) in [6.45, 7) is 18.4. The number of rotatable bonds is 14. The molecule has 1 aliphatic heterocycles. The van der Waals surface area contributed by atoms with Crippen molar-refractivity contribution in [3.63, 3.8) is 0 Å². The van der Waals surface area contributed by atoms with E-state index in [1.807, 2.05) is 13.8 Å². The molecule has 14 heteroatoms. The van der Waals surface area contributed by atoms with Gasteiger partial charge in [0.05, 0.1) is 17.3 Å². The van der Waals surface area contributed by atoms with Crippen LogP contribution in [0.15, 0.2) is 12.2 Å². The Kier molecular flexibility index (Phi) is 11.1. The molecule has 1 unspecified atom stereocenters. The summed E-state index contributed by atoms with van der Waals surface area (Å²) in [4.78, 5) is 67.5. The van der Waals surface area contributed by atoms with E-state index in [4.69, 9.17) is 5.73 Å². The minimum atomic E-state index is -3.59. The second-order valence-electron chi connectivity index (χ2n) is 15.4. The van der Waals surface area contributed by atoms with Crippen LogP contribution < -0.4 is 21.7 Å². The molecule has 13 nitrogen and oxygen atoms in total. The SMILES string of the molecule is C=C(C)[C@@H](CN(C)S(=O)(=O)C(C)C)NC(=O)N[C@H](C(=O)N1C[C@H]2[C@@H]([C@H]1C(=O)NC(CC1CCC1)C(=O)C(N)=O)C2(C)C)C(C)(C)C. The molecule has 0 aromatic carbocycles. The second kappa shape index (κ2) is 13.6. The Morgan fingerprint density at radius 1 is 1.04 bits per heavy atom. The zero-order valence-electron chi connectivity index (χ0n) is 28.8. The first-order chi connectivity index (χ1) is 21.0. The lowest BCUT2D eigenvalue weighted by Gasteiger charge is -2.38. The molecule has 0 aromatic heterocycles. The number of nitrogens with zero attached hydrogens (tertiary/aromatic N) is 2. The molecule has 5 N–H and O–H groups in total. The van der Waals surface area contributed by atoms with E-state index in [1.165, 1.54) is 16.3 Å². The number of carbonyl (C=O) groups excluding carboxylic acids is 5. The summed E-state index contributed by atoms with van der Waals surface area (Å²) in [5, 5.41) is 7.66. The summed E-state index contributed by atoms with van der Waals surface area (Å²) in [6, 6.07) is -4.43. The molecule has 3 aliphatic rings. The van der Waals surface area contributed by atoms with Crippen LogP contribution in [-0.4, -0.2) is 96.7 Å². The third-order valence-electron chi connectivity index (χ3n) is 10.2. The van der Waals surface area contributed by atoms with Crippen LogP contribution in [0, 0.1) is 28.6 Å². The van der Waals surface area contributed by atoms with Crippen molar-refractivity contribution in [1.82, 2.24) is 25.2 Å². The van der Waals surface area contributed by atoms with Crippen molar-refractivity contribution in [2.24, 2.45) is 34.3 Å². The summed E-state index contributed by atoms with van der Waals surface area (Å²) in [7, 11) is -2.15. The van der Waals surface area contributed by atoms with Gasteiger partial charge in [-0.3, -0.25) is 19.2 Å². The molecular weight excluding hydrogens is 612 g/mol. The maximum atomic E-state index is 14.2. The summed E-state index contributed by atoms with van der Waals surface area (Å²) >= 11 is 0. The molecule has 5 amide bonds. The van der Waals surface area contributed by atoms with Gasteiger partial charge in [-0.05, 0) is 55.8 Å². The van der Waals surface area contributed by atoms with Crippen molar-refractivity contribution >= 4 is 39.6 Å². The van der Waals surface area contributed by atoms with Gasteiger partial charge in [-0.15, -0.1) is 0 Å². The molecular formula is C32H54N6O7S. The lowest BCUT2D eigenvalue weighted by molar-refractivity contribution is -0.145. The zero-order chi connectivity index (χ0) is 35.1. The van der Waals surface area contributed by atoms with Crippen molar-refractivity contribution in [3.8, 4) is 0 Å². The number of likely N-dealkylation sites (N-methyl/N-ethyl adjacent to an activating group) is 1. The van der Waals surface area contributed by atoms with Gasteiger partial charge in [0.1, 0.15) is 12.1 Å². The molecule has 3 rings (SSSR count). The van der Waals surface area contributed by atoms with E-state index in [2.05, 4.69) is 22.5 Å². The summed E-state index contributed by atoms with van der Waals surface area (Å²) in [5.41, 5.74) is 4.85. The molecule has 0 radical (unpaired) electrons. The number of fused-ring (bicyclic) bond motifs is 1. The number of primary amides is 1. The Hall–Kier alpha value is -3.00. The molecule has 2 saturated carbocycles. The van der Waals surface area contributed by atoms with Gasteiger partial charge in [-0.25, -0.2) is 17.5 Å². The van der Waals surface area contributed by atoms with Gasteiger partial charge < -0.3 is 26.6 Å². The van der Waals surface area contributed by atoms with E-state index < -0.39 is 74.4 Å². The van der Waals surface area contributed by atoms with E-state index in [0.717, 1.165) is 19.3 Å². The summed E-state index contributed by atoms with van der Waals surface area (Å²) < 4.78 is 26.4. The largest absolute Gasteiger partial charge is 0.363 e. The van der Waals surface area contributed by atoms with Crippen LogP contribution >= 0.6 is 0 Å². The Morgan fingerprint density at radius 2 is 1.63 bits per heavy atom. The molecule has 260 valence electrons. The van der Waals surface area contributed by atoms with Gasteiger partial charge in [-0.2, -0.15) is 0 Å². The Labute approximate surface area is 273 Å². The Morgan fingerprint density at radius 3 is 2.09 bits per heavy atom. The van der Waals surface area contributed by atoms with Crippen LogP contribution in [0.4, 0.5) is 4.79 Å². The van der Waals surface area contributed by atoms with E-state index in [9.17, 15) is 32.4 Å². The normalized spacial score (nSPS) is 24.3. The molecule has 46 heavy (non-hydrogen) atoms. The highest BCUT2D eigenvalue weighted by Crippen LogP contribution is 2.65. The number of carbonyl (C=O) groups is 5. The highest BCUT2D eigenvalue weighted by Gasteiger charge is 2.70. The predicted octanol–water partition coefficient (Wildman–Crippen LogP) is 1.53. The fourth-order valence-corrected chi connectivity index (χ4v) is 7.80. The van der Waals surface area contributed by atoms with Crippen LogP contribution in [0.1, 0.15) is 81.1 Å². The van der Waals surface area contributed by atoms with Gasteiger partial charge >= 0.3 is 6.03 Å². The minimum absolute atomic E-state index is 0.0454. The number of piperidine rings is 1. The highest BCUT2D eigenvalue weighted by atomic mass is 32.2. The number of Topliss-reactive ketones (excluding diaryl/α,β-unsaturated/α-hetero) is 1. The van der Waals surface area contributed by atoms with Crippen molar-refractivity contribution in [3.05, 3.63) is 12.2 Å². The summed E-state index contributed by atoms with van der Waals surface area (Å²) in [5.74, 6) is -2.84. The van der Waals surface area contributed by atoms with Crippen LogP contribution in [0.3, 0.4) is 0 Å². The third-order valence-corrected chi connectivity index (χ3v) is 12.4. The van der Waals surface area contributed by atoms with E-state index in [-0.39, 0.29) is 29.7 Å². The number of nitrogens with two attached hydrogens (primary N) is 1. The Balaban J connectivity index is 1.81. The topological polar surface area (TPSA) is 188 Å². The van der Waals surface area contributed by atoms with E-state index in [0.29, 0.717) is 18.5 Å². The number of amides is 5. The Bertz CT molecular complexity index is 1350. The van der Waals surface area contributed by atoms with Crippen molar-refractivity contribution in [1.29, 1.82) is 0 Å². The smallest absolute Gasteiger partial charge is 0.315 e. The monoisotopic (exact) mass is 666 g/mol. The predicted molar refractivity (Wildman–Crippen MR) is 175 cm³/mol. The first-order valence-electron chi connectivity index (χ1n) is 16.1. The second-order valence-corrected chi connectivity index (χ2v) is 18.0. The zero-order valence-corrected chi connectivity index (χ0v) is 29.6. The van der Waals surface area contributed by atoms with E-state index >= 15 is 0 Å². The van der Waals surface area contributed by atoms with Gasteiger partial charge in [0.25, 0.3) is 5.91 Å². The molecule has 0 spiro atoms. The van der Waals surface area contributed by atoms with Crippen molar-refractivity contribution in [2.45, 2.75) is 110 Å². The molecule has 0 aromatic rings. The maximum absolute atomic E-state index is 14.2. The maximum Gasteiger partial charge on any atom is 0.315 e. The van der Waals surface area contributed by atoms with Crippen LogP contribution in [-0.2, 0) is 29.2 Å². The quantitative estimate of drug-likeness (QED) is 0.160. The average Bonchev–Trinajstić information content (AvgIpc) is 3.23.